The minimum absolute atomic E-state index is 0.103. The van der Waals surface area contributed by atoms with Crippen LogP contribution in [-0.2, 0) is 4.79 Å². The van der Waals surface area contributed by atoms with E-state index in [1.807, 2.05) is 31.2 Å². The molecule has 0 spiro atoms. The highest BCUT2D eigenvalue weighted by atomic mass is 16.5. The van der Waals surface area contributed by atoms with E-state index in [4.69, 9.17) is 20.3 Å². The van der Waals surface area contributed by atoms with E-state index >= 15 is 0 Å². The molecular formula is C13H17NO4. The van der Waals surface area contributed by atoms with E-state index in [1.54, 1.807) is 6.07 Å². The Morgan fingerprint density at radius 3 is 2.78 bits per heavy atom. The largest absolute Gasteiger partial charge is 0.493 e. The zero-order valence-electron chi connectivity index (χ0n) is 10.4. The molecule has 0 aromatic heterocycles. The van der Waals surface area contributed by atoms with Crippen LogP contribution in [0.1, 0.15) is 12.5 Å². The van der Waals surface area contributed by atoms with Crippen LogP contribution in [0.4, 0.5) is 0 Å². The number of rotatable bonds is 6. The first-order chi connectivity index (χ1) is 8.58. The molecule has 98 valence electrons. The van der Waals surface area contributed by atoms with Gasteiger partial charge in [-0.3, -0.25) is 4.79 Å². The van der Waals surface area contributed by atoms with E-state index in [0.29, 0.717) is 11.5 Å². The molecule has 0 aliphatic heterocycles. The van der Waals surface area contributed by atoms with Gasteiger partial charge in [0, 0.05) is 0 Å². The maximum absolute atomic E-state index is 10.6. The number of hydrogen-bond donors (Lipinski definition) is 2. The summed E-state index contributed by atoms with van der Waals surface area (Å²) in [7, 11) is 1.53. The lowest BCUT2D eigenvalue weighted by Gasteiger charge is -2.13. The van der Waals surface area contributed by atoms with Gasteiger partial charge in [0.15, 0.2) is 11.5 Å². The van der Waals surface area contributed by atoms with Crippen molar-refractivity contribution >= 4 is 12.0 Å². The standard InChI is InChI=1S/C13H17NO4/c1-3-4-9-5-6-11(12(7-9)17-2)18-8-10(14)13(15)16/h3-7,10H,8,14H2,1-2H3,(H,15,16). The maximum Gasteiger partial charge on any atom is 0.324 e. The van der Waals surface area contributed by atoms with E-state index in [2.05, 4.69) is 0 Å². The number of nitrogens with two attached hydrogens (primary N) is 1. The summed E-state index contributed by atoms with van der Waals surface area (Å²) in [6.07, 6.45) is 3.84. The van der Waals surface area contributed by atoms with E-state index in [0.717, 1.165) is 5.56 Å². The van der Waals surface area contributed by atoms with Crippen LogP contribution in [0.2, 0.25) is 0 Å². The van der Waals surface area contributed by atoms with Crippen molar-refractivity contribution in [1.29, 1.82) is 0 Å². The maximum atomic E-state index is 10.6. The summed E-state index contributed by atoms with van der Waals surface area (Å²) in [4.78, 5) is 10.6. The number of benzene rings is 1. The van der Waals surface area contributed by atoms with Gasteiger partial charge >= 0.3 is 5.97 Å². The molecule has 0 saturated heterocycles. The molecule has 0 bridgehead atoms. The molecule has 1 rings (SSSR count). The van der Waals surface area contributed by atoms with Gasteiger partial charge in [-0.2, -0.15) is 0 Å². The fourth-order valence-corrected chi connectivity index (χ4v) is 1.35. The molecule has 1 aromatic carbocycles. The minimum Gasteiger partial charge on any atom is -0.493 e. The first kappa shape index (κ1) is 14.1. The van der Waals surface area contributed by atoms with Crippen molar-refractivity contribution in [2.75, 3.05) is 13.7 Å². The third kappa shape index (κ3) is 3.78. The van der Waals surface area contributed by atoms with Gasteiger partial charge in [0.2, 0.25) is 0 Å². The Labute approximate surface area is 106 Å². The van der Waals surface area contributed by atoms with E-state index in [-0.39, 0.29) is 6.61 Å². The fourth-order valence-electron chi connectivity index (χ4n) is 1.35. The second kappa shape index (κ2) is 6.66. The Kier molecular flexibility index (Phi) is 5.20. The molecule has 1 unspecified atom stereocenters. The molecule has 0 radical (unpaired) electrons. The molecule has 3 N–H and O–H groups in total. The Balaban J connectivity index is 2.79. The second-order valence-corrected chi connectivity index (χ2v) is 3.67. The molecule has 5 nitrogen and oxygen atoms in total. The Bertz CT molecular complexity index is 443. The summed E-state index contributed by atoms with van der Waals surface area (Å²) < 4.78 is 10.5. The molecule has 0 amide bonds. The van der Waals surface area contributed by atoms with Crippen LogP contribution < -0.4 is 15.2 Å². The van der Waals surface area contributed by atoms with Crippen molar-refractivity contribution in [2.45, 2.75) is 13.0 Å². The number of allylic oxidation sites excluding steroid dienone is 1. The highest BCUT2D eigenvalue weighted by Gasteiger charge is 2.13. The van der Waals surface area contributed by atoms with E-state index in [1.165, 1.54) is 7.11 Å². The SMILES string of the molecule is CC=Cc1ccc(OCC(N)C(=O)O)c(OC)c1. The summed E-state index contributed by atoms with van der Waals surface area (Å²) in [5.41, 5.74) is 6.33. The molecule has 18 heavy (non-hydrogen) atoms. The molecule has 0 heterocycles. The summed E-state index contributed by atoms with van der Waals surface area (Å²) in [5, 5.41) is 8.66. The number of aliphatic carboxylic acids is 1. The van der Waals surface area contributed by atoms with E-state index < -0.39 is 12.0 Å². The van der Waals surface area contributed by atoms with Gasteiger partial charge in [-0.15, -0.1) is 0 Å². The smallest absolute Gasteiger partial charge is 0.324 e. The normalized spacial score (nSPS) is 12.4. The average Bonchev–Trinajstić information content (AvgIpc) is 2.36. The van der Waals surface area contributed by atoms with Crippen LogP contribution in [0.15, 0.2) is 24.3 Å². The lowest BCUT2D eigenvalue weighted by Crippen LogP contribution is -2.36. The minimum atomic E-state index is -1.10. The van der Waals surface area contributed by atoms with Crippen LogP contribution in [0.3, 0.4) is 0 Å². The highest BCUT2D eigenvalue weighted by Crippen LogP contribution is 2.28. The predicted molar refractivity (Wildman–Crippen MR) is 68.8 cm³/mol. The lowest BCUT2D eigenvalue weighted by molar-refractivity contribution is -0.139. The van der Waals surface area contributed by atoms with Gasteiger partial charge in [-0.1, -0.05) is 18.2 Å². The van der Waals surface area contributed by atoms with Crippen molar-refractivity contribution in [3.05, 3.63) is 29.8 Å². The average molecular weight is 251 g/mol. The molecular weight excluding hydrogens is 234 g/mol. The fraction of sp³-hybridized carbons (Fsp3) is 0.308. The summed E-state index contributed by atoms with van der Waals surface area (Å²) >= 11 is 0. The molecule has 0 aliphatic carbocycles. The molecule has 0 saturated carbocycles. The van der Waals surface area contributed by atoms with E-state index in [9.17, 15) is 4.79 Å². The Morgan fingerprint density at radius 2 is 2.22 bits per heavy atom. The van der Waals surface area contributed by atoms with Crippen LogP contribution in [0, 0.1) is 0 Å². The van der Waals surface area contributed by atoms with Crippen molar-refractivity contribution in [3.63, 3.8) is 0 Å². The number of hydrogen-bond acceptors (Lipinski definition) is 4. The summed E-state index contributed by atoms with van der Waals surface area (Å²) in [6, 6.07) is 4.33. The number of carbonyl (C=O) groups is 1. The van der Waals surface area contributed by atoms with Gasteiger partial charge in [0.05, 0.1) is 7.11 Å². The zero-order valence-corrected chi connectivity index (χ0v) is 10.4. The van der Waals surface area contributed by atoms with Crippen molar-refractivity contribution in [3.8, 4) is 11.5 Å². The molecule has 1 atom stereocenters. The van der Waals surface area contributed by atoms with Crippen molar-refractivity contribution in [2.24, 2.45) is 5.73 Å². The summed E-state index contributed by atoms with van der Waals surface area (Å²) in [5.74, 6) is -0.0786. The van der Waals surface area contributed by atoms with Crippen LogP contribution in [-0.4, -0.2) is 30.8 Å². The van der Waals surface area contributed by atoms with Gasteiger partial charge in [-0.05, 0) is 24.6 Å². The number of methoxy groups -OCH3 is 1. The molecule has 0 aliphatic rings. The molecule has 0 fully saturated rings. The lowest BCUT2D eigenvalue weighted by atomic mass is 10.2. The predicted octanol–water partition coefficient (Wildman–Crippen LogP) is 1.52. The molecule has 1 aromatic rings. The number of carboxylic acids is 1. The van der Waals surface area contributed by atoms with Crippen LogP contribution in [0.5, 0.6) is 11.5 Å². The summed E-state index contributed by atoms with van der Waals surface area (Å²) in [6.45, 7) is 1.82. The van der Waals surface area contributed by atoms with Crippen LogP contribution in [0.25, 0.3) is 6.08 Å². The Hall–Kier alpha value is -2.01. The number of carboxylic acid groups (broad SMARTS) is 1. The number of ether oxygens (including phenoxy) is 2. The van der Waals surface area contributed by atoms with Gasteiger partial charge in [-0.25, -0.2) is 0 Å². The third-order valence-electron chi connectivity index (χ3n) is 2.28. The second-order valence-electron chi connectivity index (χ2n) is 3.67. The monoisotopic (exact) mass is 251 g/mol. The van der Waals surface area contributed by atoms with Crippen molar-refractivity contribution < 1.29 is 19.4 Å². The van der Waals surface area contributed by atoms with Gasteiger partial charge < -0.3 is 20.3 Å². The molecule has 5 heteroatoms. The van der Waals surface area contributed by atoms with Crippen LogP contribution >= 0.6 is 0 Å². The third-order valence-corrected chi connectivity index (χ3v) is 2.28. The first-order valence-corrected chi connectivity index (χ1v) is 5.50. The topological polar surface area (TPSA) is 81.8 Å². The zero-order chi connectivity index (χ0) is 13.5. The van der Waals surface area contributed by atoms with Gasteiger partial charge in [0.1, 0.15) is 12.6 Å². The van der Waals surface area contributed by atoms with Crippen molar-refractivity contribution in [1.82, 2.24) is 0 Å². The quantitative estimate of drug-likeness (QED) is 0.801. The van der Waals surface area contributed by atoms with Gasteiger partial charge in [0.25, 0.3) is 0 Å². The first-order valence-electron chi connectivity index (χ1n) is 5.50. The highest BCUT2D eigenvalue weighted by molar-refractivity contribution is 5.73. The Morgan fingerprint density at radius 1 is 1.50 bits per heavy atom.